The first-order valence-electron chi connectivity index (χ1n) is 6.37. The molecule has 0 saturated heterocycles. The molecule has 21 heavy (non-hydrogen) atoms. The van der Waals surface area contributed by atoms with Gasteiger partial charge in [-0.3, -0.25) is 4.79 Å². The molecule has 3 N–H and O–H groups in total. The minimum absolute atomic E-state index is 0.109. The molecule has 0 aliphatic heterocycles. The predicted molar refractivity (Wildman–Crippen MR) is 88.9 cm³/mol. The Kier molecular flexibility index (Phi) is 5.09. The van der Waals surface area contributed by atoms with Crippen LogP contribution >= 0.6 is 23.4 Å². The Morgan fingerprint density at radius 2 is 2.10 bits per heavy atom. The number of rotatable bonds is 4. The lowest BCUT2D eigenvalue weighted by Gasteiger charge is -2.07. The summed E-state index contributed by atoms with van der Waals surface area (Å²) in [6, 6.07) is 8.98. The van der Waals surface area contributed by atoms with Crippen LogP contribution in [0.15, 0.2) is 35.4 Å². The van der Waals surface area contributed by atoms with Crippen molar-refractivity contribution in [2.75, 3.05) is 16.8 Å². The Morgan fingerprint density at radius 1 is 1.33 bits per heavy atom. The normalized spacial score (nSPS) is 10.4. The third-order valence-electron chi connectivity index (χ3n) is 2.71. The van der Waals surface area contributed by atoms with Crippen LogP contribution in [0.1, 0.15) is 11.3 Å². The van der Waals surface area contributed by atoms with E-state index in [1.807, 2.05) is 26.0 Å². The molecule has 0 aliphatic rings. The first-order chi connectivity index (χ1) is 9.94. The topological polar surface area (TPSA) is 68.0 Å². The number of nitrogens with zero attached hydrogens (tertiary/aromatic N) is 1. The number of pyridine rings is 1. The number of nitrogens with one attached hydrogen (secondary N) is 1. The van der Waals surface area contributed by atoms with Gasteiger partial charge < -0.3 is 11.1 Å². The monoisotopic (exact) mass is 321 g/mol. The van der Waals surface area contributed by atoms with E-state index in [0.29, 0.717) is 22.2 Å². The van der Waals surface area contributed by atoms with Gasteiger partial charge in [-0.2, -0.15) is 0 Å². The third kappa shape index (κ3) is 4.65. The van der Waals surface area contributed by atoms with E-state index < -0.39 is 0 Å². The highest BCUT2D eigenvalue weighted by Crippen LogP contribution is 2.23. The van der Waals surface area contributed by atoms with Crippen molar-refractivity contribution in [1.29, 1.82) is 0 Å². The predicted octanol–water partition coefficient (Wildman–Crippen LogP) is 3.66. The second-order valence-corrected chi connectivity index (χ2v) is 6.10. The Bertz CT molecular complexity index is 656. The number of aryl methyl sites for hydroxylation is 2. The Hall–Kier alpha value is -1.72. The summed E-state index contributed by atoms with van der Waals surface area (Å²) in [5.41, 5.74) is 8.86. The molecule has 0 saturated carbocycles. The van der Waals surface area contributed by atoms with Crippen LogP contribution in [0.3, 0.4) is 0 Å². The molecule has 1 amide bonds. The molecule has 2 rings (SSSR count). The number of carbonyl (C=O) groups excluding carboxylic acids is 1. The highest BCUT2D eigenvalue weighted by atomic mass is 35.5. The van der Waals surface area contributed by atoms with Gasteiger partial charge in [-0.1, -0.05) is 23.4 Å². The van der Waals surface area contributed by atoms with Crippen LogP contribution in [0.25, 0.3) is 0 Å². The van der Waals surface area contributed by atoms with Crippen molar-refractivity contribution < 1.29 is 4.79 Å². The molecule has 6 heteroatoms. The van der Waals surface area contributed by atoms with Crippen molar-refractivity contribution in [1.82, 2.24) is 4.98 Å². The number of hydrogen-bond acceptors (Lipinski definition) is 4. The van der Waals surface area contributed by atoms with Gasteiger partial charge in [0.15, 0.2) is 0 Å². The maximum atomic E-state index is 11.9. The minimum Gasteiger partial charge on any atom is -0.397 e. The summed E-state index contributed by atoms with van der Waals surface area (Å²) < 4.78 is 0. The fourth-order valence-electron chi connectivity index (χ4n) is 1.84. The average molecular weight is 322 g/mol. The zero-order chi connectivity index (χ0) is 15.4. The molecule has 0 fully saturated rings. The quantitative estimate of drug-likeness (QED) is 0.666. The fourth-order valence-corrected chi connectivity index (χ4v) is 2.78. The second-order valence-electron chi connectivity index (χ2n) is 4.70. The number of amides is 1. The number of carbonyl (C=O) groups is 1. The minimum atomic E-state index is -0.109. The van der Waals surface area contributed by atoms with E-state index in [0.717, 1.165) is 16.3 Å². The van der Waals surface area contributed by atoms with Crippen LogP contribution in [-0.4, -0.2) is 16.6 Å². The largest absolute Gasteiger partial charge is 0.397 e. The van der Waals surface area contributed by atoms with E-state index in [9.17, 15) is 4.79 Å². The first-order valence-corrected chi connectivity index (χ1v) is 7.73. The lowest BCUT2D eigenvalue weighted by Crippen LogP contribution is -2.14. The Morgan fingerprint density at radius 3 is 2.76 bits per heavy atom. The molecule has 0 atom stereocenters. The summed E-state index contributed by atoms with van der Waals surface area (Å²) in [7, 11) is 0. The van der Waals surface area contributed by atoms with Gasteiger partial charge in [0, 0.05) is 11.4 Å². The summed E-state index contributed by atoms with van der Waals surface area (Å²) in [6.45, 7) is 3.95. The zero-order valence-electron chi connectivity index (χ0n) is 11.8. The van der Waals surface area contributed by atoms with Gasteiger partial charge in [0.1, 0.15) is 0 Å². The summed E-state index contributed by atoms with van der Waals surface area (Å²) >= 11 is 7.24. The highest BCUT2D eigenvalue weighted by molar-refractivity contribution is 7.99. The molecule has 0 spiro atoms. The fraction of sp³-hybridized carbons (Fsp3) is 0.200. The van der Waals surface area contributed by atoms with Crippen LogP contribution in [0, 0.1) is 13.8 Å². The number of aromatic nitrogens is 1. The maximum absolute atomic E-state index is 11.9. The van der Waals surface area contributed by atoms with Gasteiger partial charge >= 0.3 is 0 Å². The van der Waals surface area contributed by atoms with Crippen LogP contribution < -0.4 is 11.1 Å². The molecular weight excluding hydrogens is 306 g/mol. The summed E-state index contributed by atoms with van der Waals surface area (Å²) in [4.78, 5) is 16.3. The van der Waals surface area contributed by atoms with Gasteiger partial charge in [0.25, 0.3) is 0 Å². The average Bonchev–Trinajstić information content (AvgIpc) is 2.40. The number of anilines is 2. The van der Waals surface area contributed by atoms with Crippen molar-refractivity contribution in [2.24, 2.45) is 0 Å². The number of benzene rings is 1. The van der Waals surface area contributed by atoms with Crippen molar-refractivity contribution in [2.45, 2.75) is 18.9 Å². The number of nitrogens with two attached hydrogens (primary N) is 1. The van der Waals surface area contributed by atoms with Crippen LogP contribution in [0.4, 0.5) is 11.4 Å². The molecule has 0 bridgehead atoms. The van der Waals surface area contributed by atoms with Crippen molar-refractivity contribution >= 4 is 40.6 Å². The molecule has 1 aromatic carbocycles. The number of thioether (sulfide) groups is 1. The second kappa shape index (κ2) is 6.83. The van der Waals surface area contributed by atoms with Gasteiger partial charge in [0.05, 0.1) is 21.5 Å². The molecule has 110 valence electrons. The molecule has 1 heterocycles. The Balaban J connectivity index is 1.94. The van der Waals surface area contributed by atoms with Gasteiger partial charge in [-0.05, 0) is 49.7 Å². The van der Waals surface area contributed by atoms with Crippen molar-refractivity contribution in [3.63, 3.8) is 0 Å². The molecule has 4 nitrogen and oxygen atoms in total. The third-order valence-corrected chi connectivity index (χ3v) is 3.96. The molecule has 2 aromatic rings. The lowest BCUT2D eigenvalue weighted by atomic mass is 10.3. The smallest absolute Gasteiger partial charge is 0.234 e. The highest BCUT2D eigenvalue weighted by Gasteiger charge is 2.06. The summed E-state index contributed by atoms with van der Waals surface area (Å²) in [5.74, 6) is 0.181. The van der Waals surface area contributed by atoms with Gasteiger partial charge in [-0.15, -0.1) is 0 Å². The number of halogens is 1. The molecule has 0 radical (unpaired) electrons. The first kappa shape index (κ1) is 15.7. The molecular formula is C15H16ClN3OS. The van der Waals surface area contributed by atoms with E-state index in [4.69, 9.17) is 17.3 Å². The van der Waals surface area contributed by atoms with Gasteiger partial charge in [-0.25, -0.2) is 4.98 Å². The van der Waals surface area contributed by atoms with Crippen LogP contribution in [0.2, 0.25) is 5.02 Å². The molecule has 1 aromatic heterocycles. The summed E-state index contributed by atoms with van der Waals surface area (Å²) in [5, 5.41) is 4.10. The zero-order valence-corrected chi connectivity index (χ0v) is 13.4. The van der Waals surface area contributed by atoms with Crippen LogP contribution in [0.5, 0.6) is 0 Å². The van der Waals surface area contributed by atoms with E-state index in [1.54, 1.807) is 18.2 Å². The number of nitrogen functional groups attached to an aromatic ring is 1. The molecule has 0 unspecified atom stereocenters. The standard InChI is InChI=1S/C15H16ClN3OS/c1-9-5-10(2)18-15(6-9)21-8-14(20)19-11-3-4-12(16)13(17)7-11/h3-7H,8,17H2,1-2H3,(H,19,20). The van der Waals surface area contributed by atoms with E-state index in [1.165, 1.54) is 11.8 Å². The van der Waals surface area contributed by atoms with E-state index in [2.05, 4.69) is 10.3 Å². The SMILES string of the molecule is Cc1cc(C)nc(SCC(=O)Nc2ccc(Cl)c(N)c2)c1. The van der Waals surface area contributed by atoms with Crippen molar-refractivity contribution in [3.8, 4) is 0 Å². The van der Waals surface area contributed by atoms with Crippen LogP contribution in [-0.2, 0) is 4.79 Å². The number of hydrogen-bond donors (Lipinski definition) is 2. The summed E-state index contributed by atoms with van der Waals surface area (Å²) in [6.07, 6.45) is 0. The van der Waals surface area contributed by atoms with Gasteiger partial charge in [0.2, 0.25) is 5.91 Å². The van der Waals surface area contributed by atoms with E-state index in [-0.39, 0.29) is 5.91 Å². The van der Waals surface area contributed by atoms with Crippen molar-refractivity contribution in [3.05, 3.63) is 46.6 Å². The molecule has 0 aliphatic carbocycles. The van der Waals surface area contributed by atoms with E-state index >= 15 is 0 Å². The Labute approximate surface area is 133 Å². The lowest BCUT2D eigenvalue weighted by molar-refractivity contribution is -0.113. The maximum Gasteiger partial charge on any atom is 0.234 e.